The summed E-state index contributed by atoms with van der Waals surface area (Å²) in [5.74, 6) is 0. The van der Waals surface area contributed by atoms with E-state index in [9.17, 15) is 4.79 Å². The van der Waals surface area contributed by atoms with Crippen molar-refractivity contribution in [3.8, 4) is 33.6 Å². The van der Waals surface area contributed by atoms with Gasteiger partial charge in [-0.25, -0.2) is 0 Å². The lowest BCUT2D eigenvalue weighted by Gasteiger charge is -2.09. The fourth-order valence-electron chi connectivity index (χ4n) is 9.06. The molecule has 12 aromatic rings. The fraction of sp³-hybridized carbons (Fsp3) is 0. The lowest BCUT2D eigenvalue weighted by molar-refractivity contribution is 1.18. The Morgan fingerprint density at radius 3 is 1.23 bits per heavy atom. The van der Waals surface area contributed by atoms with Gasteiger partial charge in [-0.1, -0.05) is 97.1 Å². The van der Waals surface area contributed by atoms with Crippen molar-refractivity contribution in [2.45, 2.75) is 0 Å². The molecular weight excluding hydrogens is 685 g/mol. The molecule has 0 amide bonds. The Hall–Kier alpha value is -7.63. The molecule has 0 saturated carbocycles. The van der Waals surface area contributed by atoms with Crippen LogP contribution in [-0.4, -0.2) is 19.1 Å². The molecule has 0 aliphatic carbocycles. The van der Waals surface area contributed by atoms with Crippen molar-refractivity contribution in [2.24, 2.45) is 0 Å². The van der Waals surface area contributed by atoms with E-state index in [1.165, 1.54) is 43.6 Å². The second-order valence-corrected chi connectivity index (χ2v) is 14.7. The van der Waals surface area contributed by atoms with E-state index in [0.29, 0.717) is 5.52 Å². The van der Waals surface area contributed by atoms with Gasteiger partial charge in [0.15, 0.2) is 0 Å². The Balaban J connectivity index is 1.03. The highest BCUT2D eigenvalue weighted by molar-refractivity contribution is 6.20. The zero-order valence-corrected chi connectivity index (χ0v) is 30.1. The van der Waals surface area contributed by atoms with E-state index in [2.05, 4.69) is 195 Å². The summed E-state index contributed by atoms with van der Waals surface area (Å²) in [7, 11) is 0. The lowest BCUT2D eigenvalue weighted by Crippen LogP contribution is -2.06. The molecule has 0 saturated heterocycles. The highest BCUT2D eigenvalue weighted by Gasteiger charge is 2.18. The molecule has 0 fully saturated rings. The number of hydrogen-bond acceptors (Lipinski definition) is 1. The Kier molecular flexibility index (Phi) is 6.42. The third-order valence-corrected chi connectivity index (χ3v) is 11.6. The van der Waals surface area contributed by atoms with Crippen molar-refractivity contribution in [1.29, 1.82) is 0 Å². The van der Waals surface area contributed by atoms with E-state index in [4.69, 9.17) is 0 Å². The van der Waals surface area contributed by atoms with E-state index in [0.717, 1.165) is 60.8 Å². The lowest BCUT2D eigenvalue weighted by atomic mass is 9.97. The Morgan fingerprint density at radius 2 is 0.732 bits per heavy atom. The second kappa shape index (κ2) is 11.7. The number of nitrogens with zero attached hydrogens (tertiary/aromatic N) is 2. The second-order valence-electron chi connectivity index (χ2n) is 14.7. The summed E-state index contributed by atoms with van der Waals surface area (Å²) in [6, 6.07) is 64.7. The number of rotatable bonds is 4. The molecule has 4 aromatic heterocycles. The first-order valence-electron chi connectivity index (χ1n) is 19.0. The Bertz CT molecular complexity index is 3600. The summed E-state index contributed by atoms with van der Waals surface area (Å²) < 4.78 is 4.68. The Labute approximate surface area is 320 Å². The van der Waals surface area contributed by atoms with E-state index in [1.54, 1.807) is 0 Å². The molecule has 5 nitrogen and oxygen atoms in total. The van der Waals surface area contributed by atoms with Crippen molar-refractivity contribution in [2.75, 3.05) is 0 Å². The van der Waals surface area contributed by atoms with Crippen molar-refractivity contribution in [3.63, 3.8) is 0 Å². The maximum Gasteiger partial charge on any atom is 0.272 e. The number of benzene rings is 8. The van der Waals surface area contributed by atoms with Gasteiger partial charge in [-0.3, -0.25) is 4.79 Å². The molecule has 0 spiro atoms. The molecule has 0 bridgehead atoms. The first-order chi connectivity index (χ1) is 27.7. The van der Waals surface area contributed by atoms with Gasteiger partial charge in [0.05, 0.1) is 22.1 Å². The highest BCUT2D eigenvalue weighted by Crippen LogP contribution is 2.39. The standard InChI is InChI=1S/C51H32N4O/c56-51-50-49(41-29-31(19-23-43(41)52-50)33-21-25-47-39(27-33)37-15-7-9-17-45(37)54(47)35-11-3-1-4-12-35)42-30-32(20-24-44(42)53-51)34-22-26-48-40(28-34)38-16-8-10-18-46(38)55(48)36-13-5-2-6-14-36/h1-30,52H,(H,53,56). The van der Waals surface area contributed by atoms with Crippen LogP contribution in [-0.2, 0) is 0 Å². The van der Waals surface area contributed by atoms with Crippen molar-refractivity contribution >= 4 is 76.3 Å². The average molecular weight is 717 g/mol. The number of fused-ring (bicyclic) bond motifs is 11. The van der Waals surface area contributed by atoms with Crippen LogP contribution in [0.25, 0.3) is 110 Å². The van der Waals surface area contributed by atoms with Gasteiger partial charge in [-0.15, -0.1) is 0 Å². The van der Waals surface area contributed by atoms with Crippen LogP contribution in [0.5, 0.6) is 0 Å². The molecule has 0 aliphatic heterocycles. The molecule has 56 heavy (non-hydrogen) atoms. The third-order valence-electron chi connectivity index (χ3n) is 11.6. The number of pyridine rings is 1. The van der Waals surface area contributed by atoms with Crippen LogP contribution in [0.2, 0.25) is 0 Å². The molecule has 0 radical (unpaired) electrons. The van der Waals surface area contributed by atoms with E-state index < -0.39 is 0 Å². The van der Waals surface area contributed by atoms with Gasteiger partial charge in [-0.05, 0) is 107 Å². The third kappa shape index (κ3) is 4.46. The van der Waals surface area contributed by atoms with Crippen LogP contribution < -0.4 is 5.56 Å². The summed E-state index contributed by atoms with van der Waals surface area (Å²) in [6.07, 6.45) is 0. The molecule has 0 aliphatic rings. The maximum absolute atomic E-state index is 13.6. The first kappa shape index (κ1) is 30.8. The quantitative estimate of drug-likeness (QED) is 0.187. The van der Waals surface area contributed by atoms with Gasteiger partial charge in [0, 0.05) is 60.1 Å². The van der Waals surface area contributed by atoms with Crippen LogP contribution in [0.3, 0.4) is 0 Å². The SMILES string of the molecule is O=c1[nH]c2ccc(-c3ccc4c(c3)c3ccccc3n4-c3ccccc3)cc2c2c1[nH]c1ccc(-c3ccc4c(c3)c3ccccc3n4-c3ccccc3)cc12. The molecule has 2 N–H and O–H groups in total. The molecule has 4 heterocycles. The minimum absolute atomic E-state index is 0.122. The molecule has 5 heteroatoms. The summed E-state index contributed by atoms with van der Waals surface area (Å²) in [5, 5.41) is 7.81. The van der Waals surface area contributed by atoms with E-state index in [-0.39, 0.29) is 5.56 Å². The zero-order valence-electron chi connectivity index (χ0n) is 30.1. The summed E-state index contributed by atoms with van der Waals surface area (Å²) in [5.41, 5.74) is 13.6. The molecule has 0 atom stereocenters. The monoisotopic (exact) mass is 716 g/mol. The van der Waals surface area contributed by atoms with Gasteiger partial charge in [0.2, 0.25) is 0 Å². The van der Waals surface area contributed by atoms with Gasteiger partial charge in [-0.2, -0.15) is 0 Å². The van der Waals surface area contributed by atoms with Crippen LogP contribution in [0.1, 0.15) is 0 Å². The molecule has 8 aromatic carbocycles. The van der Waals surface area contributed by atoms with E-state index >= 15 is 0 Å². The Morgan fingerprint density at radius 1 is 0.339 bits per heavy atom. The van der Waals surface area contributed by atoms with Crippen molar-refractivity contribution in [1.82, 2.24) is 19.1 Å². The number of hydrogen-bond donors (Lipinski definition) is 2. The number of nitrogens with one attached hydrogen (secondary N) is 2. The predicted molar refractivity (Wildman–Crippen MR) is 233 cm³/mol. The number of para-hydroxylation sites is 4. The van der Waals surface area contributed by atoms with E-state index in [1.807, 2.05) is 6.07 Å². The van der Waals surface area contributed by atoms with Crippen LogP contribution in [0, 0.1) is 0 Å². The smallest absolute Gasteiger partial charge is 0.272 e. The van der Waals surface area contributed by atoms with Gasteiger partial charge in [0.25, 0.3) is 5.56 Å². The largest absolute Gasteiger partial charge is 0.350 e. The summed E-state index contributed by atoms with van der Waals surface area (Å²) in [6.45, 7) is 0. The molecule has 12 rings (SSSR count). The normalized spacial score (nSPS) is 12.0. The number of H-pyrrole nitrogens is 2. The maximum atomic E-state index is 13.6. The van der Waals surface area contributed by atoms with Crippen molar-refractivity contribution in [3.05, 3.63) is 192 Å². The molecular formula is C51H32N4O. The minimum Gasteiger partial charge on any atom is -0.350 e. The molecule has 0 unspecified atom stereocenters. The van der Waals surface area contributed by atoms with Crippen LogP contribution in [0.4, 0.5) is 0 Å². The van der Waals surface area contributed by atoms with Gasteiger partial charge < -0.3 is 19.1 Å². The topological polar surface area (TPSA) is 58.5 Å². The number of aromatic amines is 2. The summed E-state index contributed by atoms with van der Waals surface area (Å²) in [4.78, 5) is 20.2. The minimum atomic E-state index is -0.122. The van der Waals surface area contributed by atoms with Crippen LogP contribution in [0.15, 0.2) is 187 Å². The van der Waals surface area contributed by atoms with Crippen LogP contribution >= 0.6 is 0 Å². The first-order valence-corrected chi connectivity index (χ1v) is 19.0. The van der Waals surface area contributed by atoms with Crippen molar-refractivity contribution < 1.29 is 0 Å². The zero-order chi connectivity index (χ0) is 36.9. The predicted octanol–water partition coefficient (Wildman–Crippen LogP) is 12.7. The highest BCUT2D eigenvalue weighted by atomic mass is 16.1. The molecule has 262 valence electrons. The summed E-state index contributed by atoms with van der Waals surface area (Å²) >= 11 is 0. The van der Waals surface area contributed by atoms with Gasteiger partial charge >= 0.3 is 0 Å². The van der Waals surface area contributed by atoms with Gasteiger partial charge in [0.1, 0.15) is 5.52 Å². The number of aromatic nitrogens is 4. The average Bonchev–Trinajstić information content (AvgIpc) is 3.92. The fourth-order valence-corrected chi connectivity index (χ4v) is 9.06.